The maximum atomic E-state index is 5.66. The van der Waals surface area contributed by atoms with Crippen LogP contribution in [0, 0.1) is 12.3 Å². The van der Waals surface area contributed by atoms with Crippen LogP contribution in [0.15, 0.2) is 9.52 Å². The highest BCUT2D eigenvalue weighted by Crippen LogP contribution is 2.51. The fourth-order valence-electron chi connectivity index (χ4n) is 2.76. The lowest BCUT2D eigenvalue weighted by Gasteiger charge is -2.59. The average Bonchev–Trinajstić information content (AvgIpc) is 2.89. The Hall–Kier alpha value is -1.63. The first-order chi connectivity index (χ1) is 10.3. The Balaban J connectivity index is 2.00. The van der Waals surface area contributed by atoms with Crippen LogP contribution < -0.4 is 10.6 Å². The number of ether oxygens (including phenoxy) is 1. The third-order valence-corrected chi connectivity index (χ3v) is 4.88. The van der Waals surface area contributed by atoms with Gasteiger partial charge in [-0.3, -0.25) is 0 Å². The fraction of sp³-hybridized carbons (Fsp3) is 0.800. The lowest BCUT2D eigenvalue weighted by molar-refractivity contribution is -0.176. The number of hydrogen-bond acceptors (Lipinski definition) is 5. The Morgan fingerprint density at radius 2 is 2.18 bits per heavy atom. The molecule has 0 spiro atoms. The number of nitrogens with zero attached hydrogens (tertiary/aromatic N) is 3. The maximum Gasteiger partial charge on any atom is 0.223 e. The molecule has 124 valence electrons. The van der Waals surface area contributed by atoms with Gasteiger partial charge in [0, 0.05) is 32.0 Å². The van der Waals surface area contributed by atoms with Crippen molar-refractivity contribution < 1.29 is 9.26 Å². The maximum absolute atomic E-state index is 5.66. The van der Waals surface area contributed by atoms with Crippen molar-refractivity contribution in [3.05, 3.63) is 11.7 Å². The minimum Gasteiger partial charge on any atom is -0.378 e. The van der Waals surface area contributed by atoms with Gasteiger partial charge < -0.3 is 19.9 Å². The molecule has 1 aromatic heterocycles. The largest absolute Gasteiger partial charge is 0.378 e. The Labute approximate surface area is 131 Å². The van der Waals surface area contributed by atoms with Crippen molar-refractivity contribution in [1.29, 1.82) is 0 Å². The first kappa shape index (κ1) is 16.7. The molecule has 1 fully saturated rings. The molecule has 1 heterocycles. The van der Waals surface area contributed by atoms with E-state index in [0.29, 0.717) is 24.3 Å². The first-order valence-corrected chi connectivity index (χ1v) is 7.71. The van der Waals surface area contributed by atoms with Crippen LogP contribution in [0.5, 0.6) is 0 Å². The molecule has 0 bridgehead atoms. The summed E-state index contributed by atoms with van der Waals surface area (Å²) in [7, 11) is 1.77. The van der Waals surface area contributed by atoms with E-state index in [4.69, 9.17) is 9.26 Å². The van der Waals surface area contributed by atoms with E-state index in [1.54, 1.807) is 14.0 Å². The first-order valence-electron chi connectivity index (χ1n) is 7.71. The van der Waals surface area contributed by atoms with Gasteiger partial charge in [-0.1, -0.05) is 19.0 Å². The van der Waals surface area contributed by atoms with E-state index >= 15 is 0 Å². The van der Waals surface area contributed by atoms with Gasteiger partial charge in [0.25, 0.3) is 0 Å². The zero-order valence-electron chi connectivity index (χ0n) is 14.4. The zero-order chi connectivity index (χ0) is 16.4. The van der Waals surface area contributed by atoms with Gasteiger partial charge in [0.2, 0.25) is 5.89 Å². The molecule has 0 saturated heterocycles. The molecule has 1 aliphatic carbocycles. The van der Waals surface area contributed by atoms with E-state index in [1.807, 2.05) is 6.92 Å². The summed E-state index contributed by atoms with van der Waals surface area (Å²) < 4.78 is 10.6. The highest BCUT2D eigenvalue weighted by atomic mass is 16.5. The van der Waals surface area contributed by atoms with Crippen molar-refractivity contribution in [1.82, 2.24) is 20.8 Å². The smallest absolute Gasteiger partial charge is 0.223 e. The third-order valence-electron chi connectivity index (χ3n) is 4.88. The summed E-state index contributed by atoms with van der Waals surface area (Å²) in [6.45, 7) is 11.6. The van der Waals surface area contributed by atoms with Gasteiger partial charge in [-0.05, 0) is 20.3 Å². The SMILES string of the molecule is CCNC(=NCc1noc(C)n1)NC1CC(C)(OC)C1(C)C. The van der Waals surface area contributed by atoms with Gasteiger partial charge >= 0.3 is 0 Å². The quantitative estimate of drug-likeness (QED) is 0.635. The monoisotopic (exact) mass is 309 g/mol. The lowest BCUT2D eigenvalue weighted by Crippen LogP contribution is -2.69. The Kier molecular flexibility index (Phi) is 4.75. The van der Waals surface area contributed by atoms with Crippen molar-refractivity contribution in [2.45, 2.75) is 59.2 Å². The second-order valence-electron chi connectivity index (χ2n) is 6.48. The van der Waals surface area contributed by atoms with Gasteiger partial charge in [-0.2, -0.15) is 4.98 Å². The van der Waals surface area contributed by atoms with Crippen LogP contribution in [0.25, 0.3) is 0 Å². The van der Waals surface area contributed by atoms with Gasteiger partial charge in [0.1, 0.15) is 6.54 Å². The number of hydrogen-bond donors (Lipinski definition) is 2. The molecule has 0 amide bonds. The number of methoxy groups -OCH3 is 1. The summed E-state index contributed by atoms with van der Waals surface area (Å²) in [5.74, 6) is 1.91. The second kappa shape index (κ2) is 6.24. The molecule has 2 unspecified atom stereocenters. The van der Waals surface area contributed by atoms with E-state index < -0.39 is 0 Å². The van der Waals surface area contributed by atoms with E-state index in [-0.39, 0.29) is 11.0 Å². The average molecular weight is 309 g/mol. The molecule has 1 saturated carbocycles. The predicted molar refractivity (Wildman–Crippen MR) is 84.6 cm³/mol. The van der Waals surface area contributed by atoms with Gasteiger partial charge in [0.05, 0.1) is 5.60 Å². The molecule has 2 N–H and O–H groups in total. The zero-order valence-corrected chi connectivity index (χ0v) is 14.4. The summed E-state index contributed by atoms with van der Waals surface area (Å²) in [4.78, 5) is 8.69. The summed E-state index contributed by atoms with van der Waals surface area (Å²) in [6.07, 6.45) is 0.947. The predicted octanol–water partition coefficient (Wildman–Crippen LogP) is 1.64. The number of nitrogens with one attached hydrogen (secondary N) is 2. The molecule has 7 heteroatoms. The van der Waals surface area contributed by atoms with E-state index in [2.05, 4.69) is 46.5 Å². The molecule has 0 aliphatic heterocycles. The highest BCUT2D eigenvalue weighted by Gasteiger charge is 2.58. The Morgan fingerprint density at radius 3 is 2.68 bits per heavy atom. The lowest BCUT2D eigenvalue weighted by atomic mass is 9.56. The summed E-state index contributed by atoms with van der Waals surface area (Å²) in [5.41, 5.74) is -0.0760. The van der Waals surface area contributed by atoms with Crippen LogP contribution in [-0.2, 0) is 11.3 Å². The number of guanidine groups is 1. The molecule has 2 atom stereocenters. The number of aryl methyl sites for hydroxylation is 1. The van der Waals surface area contributed by atoms with E-state index in [9.17, 15) is 0 Å². The molecule has 1 aliphatic rings. The highest BCUT2D eigenvalue weighted by molar-refractivity contribution is 5.80. The van der Waals surface area contributed by atoms with E-state index in [1.165, 1.54) is 0 Å². The topological polar surface area (TPSA) is 84.6 Å². The standard InChI is InChI=1S/C15H27N5O2/c1-7-16-13(17-9-12-18-10(2)22-20-12)19-11-8-15(5,21-6)14(11,3)4/h11H,7-9H2,1-6H3,(H2,16,17,19). The molecule has 0 aromatic carbocycles. The van der Waals surface area contributed by atoms with Crippen LogP contribution >= 0.6 is 0 Å². The Morgan fingerprint density at radius 1 is 1.45 bits per heavy atom. The molecular formula is C15H27N5O2. The second-order valence-corrected chi connectivity index (χ2v) is 6.48. The Bertz CT molecular complexity index is 540. The van der Waals surface area contributed by atoms with Crippen LogP contribution in [0.3, 0.4) is 0 Å². The van der Waals surface area contributed by atoms with Crippen LogP contribution in [-0.4, -0.2) is 41.4 Å². The van der Waals surface area contributed by atoms with Gasteiger partial charge in [0.15, 0.2) is 11.8 Å². The fourth-order valence-corrected chi connectivity index (χ4v) is 2.76. The van der Waals surface area contributed by atoms with Crippen molar-refractivity contribution in [2.75, 3.05) is 13.7 Å². The molecule has 1 aromatic rings. The van der Waals surface area contributed by atoms with Crippen molar-refractivity contribution in [2.24, 2.45) is 10.4 Å². The van der Waals surface area contributed by atoms with Crippen LogP contribution in [0.1, 0.15) is 45.8 Å². The van der Waals surface area contributed by atoms with Crippen LogP contribution in [0.2, 0.25) is 0 Å². The molecule has 2 rings (SSSR count). The number of rotatable bonds is 5. The minimum absolute atomic E-state index is 0.0284. The normalized spacial score (nSPS) is 27.4. The molecule has 22 heavy (non-hydrogen) atoms. The number of aromatic nitrogens is 2. The van der Waals surface area contributed by atoms with E-state index in [0.717, 1.165) is 18.9 Å². The molecule has 0 radical (unpaired) electrons. The minimum atomic E-state index is -0.104. The summed E-state index contributed by atoms with van der Waals surface area (Å²) in [6, 6.07) is 0.308. The summed E-state index contributed by atoms with van der Waals surface area (Å²) >= 11 is 0. The third kappa shape index (κ3) is 3.09. The molecular weight excluding hydrogens is 282 g/mol. The van der Waals surface area contributed by atoms with Gasteiger partial charge in [-0.15, -0.1) is 0 Å². The van der Waals surface area contributed by atoms with Gasteiger partial charge in [-0.25, -0.2) is 4.99 Å². The van der Waals surface area contributed by atoms with Crippen molar-refractivity contribution >= 4 is 5.96 Å². The van der Waals surface area contributed by atoms with Crippen molar-refractivity contribution in [3.8, 4) is 0 Å². The van der Waals surface area contributed by atoms with Crippen LogP contribution in [0.4, 0.5) is 0 Å². The number of aliphatic imine (C=N–C) groups is 1. The molecule has 7 nitrogen and oxygen atoms in total. The summed E-state index contributed by atoms with van der Waals surface area (Å²) in [5, 5.41) is 10.6. The van der Waals surface area contributed by atoms with Crippen molar-refractivity contribution in [3.63, 3.8) is 0 Å².